The molecule has 3 heteroatoms. The molecule has 0 N–H and O–H groups in total. The number of nitrogens with zero attached hydrogens (tertiary/aromatic N) is 2. The Kier molecular flexibility index (Phi) is 6.33. The zero-order valence-electron chi connectivity index (χ0n) is 14.3. The first kappa shape index (κ1) is 17.2. The highest BCUT2D eigenvalue weighted by Gasteiger charge is 2.19. The van der Waals surface area contributed by atoms with Crippen LogP contribution in [0.4, 0.5) is 0 Å². The van der Waals surface area contributed by atoms with Gasteiger partial charge in [0.05, 0.1) is 0 Å². The fourth-order valence-corrected chi connectivity index (χ4v) is 2.67. The van der Waals surface area contributed by atoms with E-state index >= 15 is 0 Å². The lowest BCUT2D eigenvalue weighted by atomic mass is 10.0. The average Bonchev–Trinajstić information content (AvgIpc) is 2.59. The summed E-state index contributed by atoms with van der Waals surface area (Å²) in [5.41, 5.74) is 3.64. The molecule has 0 bridgehead atoms. The Morgan fingerprint density at radius 2 is 1.87 bits per heavy atom. The first-order valence-corrected chi connectivity index (χ1v) is 8.34. The van der Waals surface area contributed by atoms with E-state index in [9.17, 15) is 4.79 Å². The number of carbonyl (C=O) groups is 1. The van der Waals surface area contributed by atoms with Crippen molar-refractivity contribution in [2.24, 2.45) is 0 Å². The van der Waals surface area contributed by atoms with E-state index < -0.39 is 0 Å². The quantitative estimate of drug-likeness (QED) is 0.769. The van der Waals surface area contributed by atoms with E-state index in [2.05, 4.69) is 37.9 Å². The SMILES string of the molecule is CC[C@@H](C)N(Cc1ccncc1)C(=O)CCc1ccccc1C. The molecule has 1 amide bonds. The van der Waals surface area contributed by atoms with Crippen molar-refractivity contribution in [2.75, 3.05) is 0 Å². The highest BCUT2D eigenvalue weighted by Crippen LogP contribution is 2.15. The van der Waals surface area contributed by atoms with E-state index in [-0.39, 0.29) is 11.9 Å². The summed E-state index contributed by atoms with van der Waals surface area (Å²) in [7, 11) is 0. The van der Waals surface area contributed by atoms with E-state index in [1.807, 2.05) is 29.2 Å². The van der Waals surface area contributed by atoms with Crippen LogP contribution < -0.4 is 0 Å². The number of benzene rings is 1. The van der Waals surface area contributed by atoms with E-state index in [0.717, 1.165) is 18.4 Å². The van der Waals surface area contributed by atoms with Crippen LogP contribution in [-0.4, -0.2) is 21.8 Å². The van der Waals surface area contributed by atoms with Crippen LogP contribution in [0.3, 0.4) is 0 Å². The van der Waals surface area contributed by atoms with E-state index in [0.29, 0.717) is 13.0 Å². The molecule has 0 fully saturated rings. The van der Waals surface area contributed by atoms with Gasteiger partial charge in [0.2, 0.25) is 5.91 Å². The summed E-state index contributed by atoms with van der Waals surface area (Å²) in [5, 5.41) is 0. The van der Waals surface area contributed by atoms with Gasteiger partial charge in [0.25, 0.3) is 0 Å². The first-order valence-electron chi connectivity index (χ1n) is 8.34. The van der Waals surface area contributed by atoms with E-state index in [4.69, 9.17) is 0 Å². The molecule has 2 rings (SSSR count). The molecule has 122 valence electrons. The van der Waals surface area contributed by atoms with Gasteiger partial charge >= 0.3 is 0 Å². The predicted molar refractivity (Wildman–Crippen MR) is 94.0 cm³/mol. The summed E-state index contributed by atoms with van der Waals surface area (Å²) >= 11 is 0. The van der Waals surface area contributed by atoms with Gasteiger partial charge < -0.3 is 4.90 Å². The Morgan fingerprint density at radius 3 is 2.52 bits per heavy atom. The lowest BCUT2D eigenvalue weighted by Gasteiger charge is -2.29. The minimum absolute atomic E-state index is 0.222. The molecule has 0 radical (unpaired) electrons. The smallest absolute Gasteiger partial charge is 0.223 e. The highest BCUT2D eigenvalue weighted by atomic mass is 16.2. The Morgan fingerprint density at radius 1 is 1.17 bits per heavy atom. The molecule has 0 saturated heterocycles. The minimum atomic E-state index is 0.222. The predicted octanol–water partition coefficient (Wildman–Crippen LogP) is 4.15. The third kappa shape index (κ3) is 4.92. The molecular formula is C20H26N2O. The lowest BCUT2D eigenvalue weighted by Crippen LogP contribution is -2.37. The molecule has 1 aromatic heterocycles. The van der Waals surface area contributed by atoms with Gasteiger partial charge in [-0.1, -0.05) is 31.2 Å². The van der Waals surface area contributed by atoms with Crippen molar-refractivity contribution >= 4 is 5.91 Å². The van der Waals surface area contributed by atoms with Gasteiger partial charge in [0.1, 0.15) is 0 Å². The minimum Gasteiger partial charge on any atom is -0.336 e. The molecule has 3 nitrogen and oxygen atoms in total. The van der Waals surface area contributed by atoms with Crippen molar-refractivity contribution in [1.29, 1.82) is 0 Å². The standard InChI is InChI=1S/C20H26N2O/c1-4-17(3)22(15-18-11-13-21-14-12-18)20(23)10-9-19-8-6-5-7-16(19)2/h5-8,11-14,17H,4,9-10,15H2,1-3H3/t17-/m1/s1. The van der Waals surface area contributed by atoms with E-state index in [1.54, 1.807) is 12.4 Å². The van der Waals surface area contributed by atoms with Crippen molar-refractivity contribution < 1.29 is 4.79 Å². The second-order valence-corrected chi connectivity index (χ2v) is 6.06. The van der Waals surface area contributed by atoms with Gasteiger partial charge in [-0.15, -0.1) is 0 Å². The molecule has 1 aromatic carbocycles. The molecule has 0 saturated carbocycles. The van der Waals surface area contributed by atoms with Crippen molar-refractivity contribution in [3.63, 3.8) is 0 Å². The number of hydrogen-bond donors (Lipinski definition) is 0. The van der Waals surface area contributed by atoms with Gasteiger partial charge in [-0.3, -0.25) is 9.78 Å². The molecule has 1 atom stereocenters. The highest BCUT2D eigenvalue weighted by molar-refractivity contribution is 5.76. The van der Waals surface area contributed by atoms with Crippen molar-refractivity contribution in [2.45, 2.75) is 52.6 Å². The summed E-state index contributed by atoms with van der Waals surface area (Å²) in [6.07, 6.45) is 5.88. The number of aromatic nitrogens is 1. The van der Waals surface area contributed by atoms with Crippen LogP contribution in [0.1, 0.15) is 43.4 Å². The number of rotatable bonds is 7. The average molecular weight is 310 g/mol. The fraction of sp³-hybridized carbons (Fsp3) is 0.400. The van der Waals surface area contributed by atoms with Crippen LogP contribution in [0, 0.1) is 6.92 Å². The maximum Gasteiger partial charge on any atom is 0.223 e. The topological polar surface area (TPSA) is 33.2 Å². The third-order valence-corrected chi connectivity index (χ3v) is 4.41. The first-order chi connectivity index (χ1) is 11.1. The number of carbonyl (C=O) groups excluding carboxylic acids is 1. The molecular weight excluding hydrogens is 284 g/mol. The number of aryl methyl sites for hydroxylation is 2. The Labute approximate surface area is 139 Å². The zero-order chi connectivity index (χ0) is 16.7. The largest absolute Gasteiger partial charge is 0.336 e. The summed E-state index contributed by atoms with van der Waals surface area (Å²) in [6.45, 7) is 7.00. The summed E-state index contributed by atoms with van der Waals surface area (Å²) < 4.78 is 0. The Hall–Kier alpha value is -2.16. The maximum atomic E-state index is 12.7. The third-order valence-electron chi connectivity index (χ3n) is 4.41. The molecule has 23 heavy (non-hydrogen) atoms. The Bertz CT molecular complexity index is 625. The summed E-state index contributed by atoms with van der Waals surface area (Å²) in [5.74, 6) is 0.222. The molecule has 0 unspecified atom stereocenters. The number of pyridine rings is 1. The van der Waals surface area contributed by atoms with Crippen LogP contribution in [0.5, 0.6) is 0 Å². The molecule has 0 spiro atoms. The van der Waals surface area contributed by atoms with Gasteiger partial charge in [0.15, 0.2) is 0 Å². The summed E-state index contributed by atoms with van der Waals surface area (Å²) in [6, 6.07) is 12.5. The van der Waals surface area contributed by atoms with Crippen molar-refractivity contribution in [1.82, 2.24) is 9.88 Å². The molecule has 1 heterocycles. The van der Waals surface area contributed by atoms with Gasteiger partial charge in [-0.2, -0.15) is 0 Å². The number of amides is 1. The van der Waals surface area contributed by atoms with Crippen LogP contribution in [0.2, 0.25) is 0 Å². The van der Waals surface area contributed by atoms with Crippen LogP contribution in [0.15, 0.2) is 48.8 Å². The molecule has 0 aliphatic rings. The van der Waals surface area contributed by atoms with Crippen molar-refractivity contribution in [3.05, 3.63) is 65.5 Å². The number of hydrogen-bond acceptors (Lipinski definition) is 2. The molecule has 0 aliphatic heterocycles. The molecule has 2 aromatic rings. The van der Waals surface area contributed by atoms with Crippen LogP contribution in [-0.2, 0) is 17.8 Å². The zero-order valence-corrected chi connectivity index (χ0v) is 14.3. The van der Waals surface area contributed by atoms with E-state index in [1.165, 1.54) is 11.1 Å². The fourth-order valence-electron chi connectivity index (χ4n) is 2.67. The Balaban J connectivity index is 2.03. The van der Waals surface area contributed by atoms with Crippen LogP contribution >= 0.6 is 0 Å². The monoisotopic (exact) mass is 310 g/mol. The van der Waals surface area contributed by atoms with Gasteiger partial charge in [-0.05, 0) is 55.5 Å². The van der Waals surface area contributed by atoms with Crippen LogP contribution in [0.25, 0.3) is 0 Å². The normalized spacial score (nSPS) is 12.0. The summed E-state index contributed by atoms with van der Waals surface area (Å²) in [4.78, 5) is 18.8. The second kappa shape index (κ2) is 8.47. The van der Waals surface area contributed by atoms with Gasteiger partial charge in [-0.25, -0.2) is 0 Å². The lowest BCUT2D eigenvalue weighted by molar-refractivity contribution is -0.134. The second-order valence-electron chi connectivity index (χ2n) is 6.06. The van der Waals surface area contributed by atoms with Gasteiger partial charge in [0, 0.05) is 31.4 Å². The molecule has 0 aliphatic carbocycles. The van der Waals surface area contributed by atoms with Crippen molar-refractivity contribution in [3.8, 4) is 0 Å². The maximum absolute atomic E-state index is 12.7.